The predicted octanol–water partition coefficient (Wildman–Crippen LogP) is 1.95. The number of pyridine rings is 1. The van der Waals surface area contributed by atoms with Crippen LogP contribution in [0.2, 0.25) is 0 Å². The van der Waals surface area contributed by atoms with Gasteiger partial charge in [0.05, 0.1) is 28.0 Å². The minimum atomic E-state index is -1.74. The number of aromatic carboxylic acids is 1. The zero-order valence-corrected chi connectivity index (χ0v) is 16.3. The van der Waals surface area contributed by atoms with Gasteiger partial charge in [0, 0.05) is 31.4 Å². The highest BCUT2D eigenvalue weighted by Gasteiger charge is 2.31. The third-order valence-electron chi connectivity index (χ3n) is 5.43. The highest BCUT2D eigenvalue weighted by atomic mass is 19.1. The van der Waals surface area contributed by atoms with Crippen molar-refractivity contribution in [3.8, 4) is 5.69 Å². The van der Waals surface area contributed by atoms with Crippen LogP contribution >= 0.6 is 0 Å². The van der Waals surface area contributed by atoms with Crippen LogP contribution in [-0.4, -0.2) is 34.8 Å². The molecule has 0 saturated carbocycles. The van der Waals surface area contributed by atoms with Crippen molar-refractivity contribution >= 4 is 33.9 Å². The number of halogens is 4. The molecule has 168 valence electrons. The van der Waals surface area contributed by atoms with E-state index in [9.17, 15) is 23.5 Å². The number of carboxylic acid groups (broad SMARTS) is 1. The van der Waals surface area contributed by atoms with Gasteiger partial charge < -0.3 is 31.8 Å². The molecule has 0 aliphatic carbocycles. The van der Waals surface area contributed by atoms with E-state index in [1.165, 1.54) is 4.90 Å². The van der Waals surface area contributed by atoms with Crippen molar-refractivity contribution in [3.05, 3.63) is 57.4 Å². The normalized spacial score (nSPS) is 16.2. The van der Waals surface area contributed by atoms with E-state index in [0.717, 1.165) is 6.07 Å². The monoisotopic (exact) mass is 451 g/mol. The smallest absolute Gasteiger partial charge is 0.341 e. The SMILES string of the molecule is Nc1cc(-n2cc(C(=O)O)c(=O)c3c(N)c(F)c(N4CC[C@H](N)C4)c(F)c32)c(F)cc1F. The number of nitrogens with two attached hydrogens (primary N) is 3. The Kier molecular flexibility index (Phi) is 4.96. The number of carbonyl (C=O) groups is 1. The van der Waals surface area contributed by atoms with Crippen LogP contribution < -0.4 is 27.5 Å². The van der Waals surface area contributed by atoms with Crippen molar-refractivity contribution in [2.75, 3.05) is 29.5 Å². The Labute approximate surface area is 177 Å². The van der Waals surface area contributed by atoms with Gasteiger partial charge in [0.1, 0.15) is 22.9 Å². The second-order valence-electron chi connectivity index (χ2n) is 7.48. The topological polar surface area (TPSA) is 141 Å². The van der Waals surface area contributed by atoms with Crippen molar-refractivity contribution in [1.29, 1.82) is 0 Å². The van der Waals surface area contributed by atoms with Gasteiger partial charge in [-0.05, 0) is 12.5 Å². The lowest BCUT2D eigenvalue weighted by Gasteiger charge is -2.23. The van der Waals surface area contributed by atoms with Gasteiger partial charge in [-0.1, -0.05) is 0 Å². The fraction of sp³-hybridized carbons (Fsp3) is 0.200. The summed E-state index contributed by atoms with van der Waals surface area (Å²) >= 11 is 0. The Morgan fingerprint density at radius 2 is 1.78 bits per heavy atom. The van der Waals surface area contributed by atoms with Gasteiger partial charge in [-0.25, -0.2) is 22.4 Å². The summed E-state index contributed by atoms with van der Waals surface area (Å²) in [6.45, 7) is 0.281. The first-order chi connectivity index (χ1) is 15.0. The lowest BCUT2D eigenvalue weighted by molar-refractivity contribution is 0.0695. The van der Waals surface area contributed by atoms with Crippen LogP contribution in [0.3, 0.4) is 0 Å². The number of rotatable bonds is 3. The zero-order chi connectivity index (χ0) is 23.5. The number of nitrogen functional groups attached to an aromatic ring is 2. The Balaban J connectivity index is 2.20. The molecule has 4 rings (SSSR count). The van der Waals surface area contributed by atoms with Crippen LogP contribution in [0.1, 0.15) is 16.8 Å². The third-order valence-corrected chi connectivity index (χ3v) is 5.43. The van der Waals surface area contributed by atoms with E-state index in [1.54, 1.807) is 0 Å². The molecule has 1 aliphatic heterocycles. The van der Waals surface area contributed by atoms with Gasteiger partial charge >= 0.3 is 5.97 Å². The third kappa shape index (κ3) is 3.11. The van der Waals surface area contributed by atoms with E-state index in [-0.39, 0.29) is 19.1 Å². The molecule has 32 heavy (non-hydrogen) atoms. The Morgan fingerprint density at radius 1 is 1.09 bits per heavy atom. The summed E-state index contributed by atoms with van der Waals surface area (Å²) in [4.78, 5) is 25.6. The number of hydrogen-bond donors (Lipinski definition) is 4. The molecule has 0 spiro atoms. The van der Waals surface area contributed by atoms with Gasteiger partial charge in [-0.15, -0.1) is 0 Å². The van der Waals surface area contributed by atoms with Gasteiger partial charge in [0.25, 0.3) is 0 Å². The van der Waals surface area contributed by atoms with Crippen molar-refractivity contribution in [3.63, 3.8) is 0 Å². The van der Waals surface area contributed by atoms with Crippen LogP contribution in [0.25, 0.3) is 16.6 Å². The summed E-state index contributed by atoms with van der Waals surface area (Å²) in [6.07, 6.45) is 1.09. The van der Waals surface area contributed by atoms with Gasteiger partial charge in [-0.3, -0.25) is 4.79 Å². The maximum atomic E-state index is 15.7. The second-order valence-corrected chi connectivity index (χ2v) is 7.48. The van der Waals surface area contributed by atoms with Crippen LogP contribution in [0.5, 0.6) is 0 Å². The number of aromatic nitrogens is 1. The fourth-order valence-corrected chi connectivity index (χ4v) is 3.87. The summed E-state index contributed by atoms with van der Waals surface area (Å²) in [7, 11) is 0. The number of nitrogens with zero attached hydrogens (tertiary/aromatic N) is 2. The van der Waals surface area contributed by atoms with Crippen LogP contribution in [0.15, 0.2) is 23.1 Å². The number of hydrogen-bond acceptors (Lipinski definition) is 6. The van der Waals surface area contributed by atoms with E-state index in [2.05, 4.69) is 0 Å². The number of carboxylic acids is 1. The van der Waals surface area contributed by atoms with Gasteiger partial charge in [-0.2, -0.15) is 0 Å². The molecule has 12 heteroatoms. The first-order valence-corrected chi connectivity index (χ1v) is 9.37. The average molecular weight is 451 g/mol. The maximum absolute atomic E-state index is 15.7. The average Bonchev–Trinajstić information content (AvgIpc) is 3.14. The summed E-state index contributed by atoms with van der Waals surface area (Å²) in [6, 6.07) is 0.849. The molecular formula is C20H17F4N5O3. The van der Waals surface area contributed by atoms with Crippen LogP contribution in [-0.2, 0) is 0 Å². The summed E-state index contributed by atoms with van der Waals surface area (Å²) in [5, 5.41) is 8.61. The molecule has 0 unspecified atom stereocenters. The molecule has 2 heterocycles. The molecule has 0 amide bonds. The Morgan fingerprint density at radius 3 is 2.38 bits per heavy atom. The minimum Gasteiger partial charge on any atom is -0.477 e. The molecule has 3 aromatic rings. The van der Waals surface area contributed by atoms with E-state index in [4.69, 9.17) is 17.2 Å². The molecule has 0 radical (unpaired) electrons. The van der Waals surface area contributed by atoms with Gasteiger partial charge in [0.2, 0.25) is 5.43 Å². The summed E-state index contributed by atoms with van der Waals surface area (Å²) < 4.78 is 59.9. The number of anilines is 3. The highest BCUT2D eigenvalue weighted by molar-refractivity contribution is 6.00. The lowest BCUT2D eigenvalue weighted by atomic mass is 10.1. The molecule has 0 bridgehead atoms. The standard InChI is InChI=1S/C20H17F4N5O3/c21-9-3-10(22)12(4-11(9)26)29-6-8(20(31)32)19(30)13-16(27)14(23)18(15(24)17(13)29)28-2-1-7(25)5-28/h3-4,6-7H,1-2,5,25-27H2,(H,31,32)/t7-/m0/s1. The number of fused-ring (bicyclic) bond motifs is 1. The maximum Gasteiger partial charge on any atom is 0.341 e. The quantitative estimate of drug-likeness (QED) is 0.352. The Bertz CT molecular complexity index is 1360. The second kappa shape index (κ2) is 7.41. The van der Waals surface area contributed by atoms with E-state index < -0.39 is 73.9 Å². The Hall–Kier alpha value is -3.80. The largest absolute Gasteiger partial charge is 0.477 e. The molecule has 1 atom stereocenters. The van der Waals surface area contributed by atoms with Crippen molar-refractivity contribution in [2.45, 2.75) is 12.5 Å². The summed E-state index contributed by atoms with van der Waals surface area (Å²) in [5.74, 6) is -6.62. The predicted molar refractivity (Wildman–Crippen MR) is 110 cm³/mol. The molecule has 1 saturated heterocycles. The zero-order valence-electron chi connectivity index (χ0n) is 16.3. The lowest BCUT2D eigenvalue weighted by Crippen LogP contribution is -2.29. The molecule has 7 N–H and O–H groups in total. The van der Waals surface area contributed by atoms with Crippen LogP contribution in [0.4, 0.5) is 34.6 Å². The van der Waals surface area contributed by atoms with Crippen LogP contribution in [0, 0.1) is 23.3 Å². The first-order valence-electron chi connectivity index (χ1n) is 9.37. The van der Waals surface area contributed by atoms with E-state index >= 15 is 8.78 Å². The van der Waals surface area contributed by atoms with Gasteiger partial charge in [0.15, 0.2) is 11.6 Å². The molecule has 1 aromatic heterocycles. The van der Waals surface area contributed by atoms with Crippen molar-refractivity contribution in [2.24, 2.45) is 5.73 Å². The number of benzene rings is 2. The molecule has 8 nitrogen and oxygen atoms in total. The first kappa shape index (κ1) is 21.4. The molecule has 1 fully saturated rings. The van der Waals surface area contributed by atoms with E-state index in [1.807, 2.05) is 0 Å². The van der Waals surface area contributed by atoms with Crippen molar-refractivity contribution in [1.82, 2.24) is 4.57 Å². The minimum absolute atomic E-state index is 0.0914. The highest BCUT2D eigenvalue weighted by Crippen LogP contribution is 2.37. The summed E-state index contributed by atoms with van der Waals surface area (Å²) in [5.41, 5.74) is 11.8. The molecule has 2 aromatic carbocycles. The molecular weight excluding hydrogens is 434 g/mol. The molecule has 1 aliphatic rings. The van der Waals surface area contributed by atoms with Crippen molar-refractivity contribution < 1.29 is 27.5 Å². The fourth-order valence-electron chi connectivity index (χ4n) is 3.87. The van der Waals surface area contributed by atoms with E-state index in [0.29, 0.717) is 23.3 Å².